The molecule has 5 nitrogen and oxygen atoms in total. The summed E-state index contributed by atoms with van der Waals surface area (Å²) in [6.45, 7) is 5.00. The highest BCUT2D eigenvalue weighted by Gasteiger charge is 2.13. The molecule has 25 heavy (non-hydrogen) atoms. The summed E-state index contributed by atoms with van der Waals surface area (Å²) in [6, 6.07) is 10.2. The van der Waals surface area contributed by atoms with Crippen LogP contribution in [0.1, 0.15) is 36.9 Å². The van der Waals surface area contributed by atoms with E-state index in [4.69, 9.17) is 9.72 Å². The van der Waals surface area contributed by atoms with Crippen LogP contribution in [0.25, 0.3) is 0 Å². The molecule has 5 heteroatoms. The van der Waals surface area contributed by atoms with Crippen LogP contribution in [0.3, 0.4) is 0 Å². The molecule has 1 aromatic carbocycles. The fourth-order valence-corrected chi connectivity index (χ4v) is 3.22. The first kappa shape index (κ1) is 17.5. The van der Waals surface area contributed by atoms with Crippen LogP contribution in [0.4, 0.5) is 11.8 Å². The Morgan fingerprint density at radius 2 is 1.88 bits per heavy atom. The molecule has 0 spiro atoms. The van der Waals surface area contributed by atoms with Crippen LogP contribution in [0.2, 0.25) is 0 Å². The van der Waals surface area contributed by atoms with Gasteiger partial charge in [0.1, 0.15) is 11.6 Å². The van der Waals surface area contributed by atoms with Crippen LogP contribution in [-0.4, -0.2) is 36.7 Å². The molecule has 3 rings (SSSR count). The van der Waals surface area contributed by atoms with Gasteiger partial charge in [0.05, 0.1) is 7.11 Å². The van der Waals surface area contributed by atoms with Crippen molar-refractivity contribution in [2.24, 2.45) is 0 Å². The van der Waals surface area contributed by atoms with Gasteiger partial charge in [-0.05, 0) is 43.9 Å². The molecule has 1 aliphatic rings. The van der Waals surface area contributed by atoms with Gasteiger partial charge in [-0.15, -0.1) is 0 Å². The predicted octanol–water partition coefficient (Wildman–Crippen LogP) is 3.83. The number of aromatic nitrogens is 2. The summed E-state index contributed by atoms with van der Waals surface area (Å²) in [7, 11) is 1.70. The molecule has 0 unspecified atom stereocenters. The minimum atomic E-state index is 0.836. The largest absolute Gasteiger partial charge is 0.497 e. The molecule has 0 bridgehead atoms. The van der Waals surface area contributed by atoms with Gasteiger partial charge in [0.2, 0.25) is 5.95 Å². The maximum absolute atomic E-state index is 5.28. The van der Waals surface area contributed by atoms with Gasteiger partial charge in [0.15, 0.2) is 0 Å². The van der Waals surface area contributed by atoms with E-state index >= 15 is 0 Å². The van der Waals surface area contributed by atoms with Gasteiger partial charge < -0.3 is 15.0 Å². The van der Waals surface area contributed by atoms with Gasteiger partial charge in [-0.2, -0.15) is 4.98 Å². The van der Waals surface area contributed by atoms with Crippen molar-refractivity contribution in [1.82, 2.24) is 9.97 Å². The highest BCUT2D eigenvalue weighted by Crippen LogP contribution is 2.18. The summed E-state index contributed by atoms with van der Waals surface area (Å²) in [6.07, 6.45) is 6.02. The third kappa shape index (κ3) is 5.08. The summed E-state index contributed by atoms with van der Waals surface area (Å²) in [5, 5.41) is 3.45. The Kier molecular flexibility index (Phi) is 6.09. The lowest BCUT2D eigenvalue weighted by Crippen LogP contribution is -2.26. The Hall–Kier alpha value is -2.30. The summed E-state index contributed by atoms with van der Waals surface area (Å²) < 4.78 is 5.28. The smallest absolute Gasteiger partial charge is 0.227 e. The number of ether oxygens (including phenoxy) is 1. The summed E-state index contributed by atoms with van der Waals surface area (Å²) in [5.74, 6) is 2.68. The van der Waals surface area contributed by atoms with Crippen molar-refractivity contribution >= 4 is 11.8 Å². The molecule has 1 N–H and O–H groups in total. The summed E-state index contributed by atoms with van der Waals surface area (Å²) >= 11 is 0. The number of hydrogen-bond acceptors (Lipinski definition) is 5. The van der Waals surface area contributed by atoms with E-state index < -0.39 is 0 Å². The molecular weight excluding hydrogens is 312 g/mol. The third-order valence-electron chi connectivity index (χ3n) is 4.59. The van der Waals surface area contributed by atoms with Gasteiger partial charge >= 0.3 is 0 Å². The lowest BCUT2D eigenvalue weighted by Gasteiger charge is -2.21. The van der Waals surface area contributed by atoms with Crippen molar-refractivity contribution in [3.63, 3.8) is 0 Å². The normalized spacial score (nSPS) is 14.9. The highest BCUT2D eigenvalue weighted by molar-refractivity contribution is 5.44. The van der Waals surface area contributed by atoms with E-state index in [1.807, 2.05) is 25.1 Å². The van der Waals surface area contributed by atoms with Crippen molar-refractivity contribution in [1.29, 1.82) is 0 Å². The fraction of sp³-hybridized carbons (Fsp3) is 0.500. The molecule has 0 atom stereocenters. The van der Waals surface area contributed by atoms with Crippen molar-refractivity contribution < 1.29 is 4.74 Å². The molecular formula is C20H28N4O. The van der Waals surface area contributed by atoms with E-state index in [-0.39, 0.29) is 0 Å². The molecule has 2 heterocycles. The Morgan fingerprint density at radius 3 is 2.64 bits per heavy atom. The van der Waals surface area contributed by atoms with Gasteiger partial charge in [-0.1, -0.05) is 25.0 Å². The van der Waals surface area contributed by atoms with Crippen molar-refractivity contribution in [2.45, 2.75) is 39.0 Å². The van der Waals surface area contributed by atoms with Crippen LogP contribution >= 0.6 is 0 Å². The first-order chi connectivity index (χ1) is 12.2. The molecule has 0 aliphatic carbocycles. The molecule has 1 aliphatic heterocycles. The molecule has 0 radical (unpaired) electrons. The number of anilines is 2. The molecule has 1 saturated heterocycles. The lowest BCUT2D eigenvalue weighted by molar-refractivity contribution is 0.414. The number of benzene rings is 1. The maximum atomic E-state index is 5.28. The van der Waals surface area contributed by atoms with Gasteiger partial charge in [-0.3, -0.25) is 0 Å². The zero-order valence-corrected chi connectivity index (χ0v) is 15.3. The first-order valence-corrected chi connectivity index (χ1v) is 9.22. The van der Waals surface area contributed by atoms with Crippen LogP contribution < -0.4 is 15.0 Å². The van der Waals surface area contributed by atoms with Crippen LogP contribution in [0, 0.1) is 6.92 Å². The monoisotopic (exact) mass is 340 g/mol. The number of nitrogens with one attached hydrogen (secondary N) is 1. The zero-order valence-electron chi connectivity index (χ0n) is 15.3. The Labute approximate surface area is 150 Å². The molecule has 0 amide bonds. The topological polar surface area (TPSA) is 50.3 Å². The number of rotatable bonds is 6. The zero-order chi connectivity index (χ0) is 17.5. The number of hydrogen-bond donors (Lipinski definition) is 1. The number of methoxy groups -OCH3 is 1. The second-order valence-electron chi connectivity index (χ2n) is 6.62. The quantitative estimate of drug-likeness (QED) is 0.866. The number of aryl methyl sites for hydroxylation is 1. The minimum absolute atomic E-state index is 0.836. The van der Waals surface area contributed by atoms with Crippen molar-refractivity contribution in [3.8, 4) is 5.75 Å². The summed E-state index contributed by atoms with van der Waals surface area (Å²) in [4.78, 5) is 11.7. The average Bonchev–Trinajstić information content (AvgIpc) is 2.91. The average molecular weight is 340 g/mol. The summed E-state index contributed by atoms with van der Waals surface area (Å²) in [5.41, 5.74) is 2.27. The van der Waals surface area contributed by atoms with Gasteiger partial charge in [-0.25, -0.2) is 4.98 Å². The first-order valence-electron chi connectivity index (χ1n) is 9.22. The van der Waals surface area contributed by atoms with E-state index in [2.05, 4.69) is 27.3 Å². The minimum Gasteiger partial charge on any atom is -0.497 e. The van der Waals surface area contributed by atoms with Crippen molar-refractivity contribution in [2.75, 3.05) is 37.0 Å². The van der Waals surface area contributed by atoms with Crippen LogP contribution in [-0.2, 0) is 6.42 Å². The molecule has 0 saturated carbocycles. The van der Waals surface area contributed by atoms with Crippen molar-refractivity contribution in [3.05, 3.63) is 41.6 Å². The van der Waals surface area contributed by atoms with E-state index in [0.717, 1.165) is 49.3 Å². The fourth-order valence-electron chi connectivity index (χ4n) is 3.22. The Bertz CT molecular complexity index is 681. The lowest BCUT2D eigenvalue weighted by atomic mass is 10.1. The maximum Gasteiger partial charge on any atom is 0.227 e. The molecule has 1 fully saturated rings. The standard InChI is InChI=1S/C20H28N4O/c1-16-14-19(21-11-10-17-8-7-9-18(15-17)25-2)23-20(22-16)24-12-5-3-4-6-13-24/h7-9,14-15H,3-6,10-13H2,1-2H3,(H,21,22,23). The molecule has 1 aromatic heterocycles. The number of nitrogens with zero attached hydrogens (tertiary/aromatic N) is 3. The Morgan fingerprint density at radius 1 is 1.08 bits per heavy atom. The van der Waals surface area contributed by atoms with E-state index in [0.29, 0.717) is 0 Å². The highest BCUT2D eigenvalue weighted by atomic mass is 16.5. The van der Waals surface area contributed by atoms with Gasteiger partial charge in [0.25, 0.3) is 0 Å². The van der Waals surface area contributed by atoms with E-state index in [1.54, 1.807) is 7.11 Å². The van der Waals surface area contributed by atoms with Crippen LogP contribution in [0.5, 0.6) is 5.75 Å². The predicted molar refractivity (Wildman–Crippen MR) is 103 cm³/mol. The molecule has 134 valence electrons. The third-order valence-corrected chi connectivity index (χ3v) is 4.59. The molecule has 2 aromatic rings. The Balaban J connectivity index is 1.61. The van der Waals surface area contributed by atoms with E-state index in [9.17, 15) is 0 Å². The van der Waals surface area contributed by atoms with Gasteiger partial charge in [0, 0.05) is 31.4 Å². The van der Waals surface area contributed by atoms with E-state index in [1.165, 1.54) is 31.2 Å². The SMILES string of the molecule is COc1cccc(CCNc2cc(C)nc(N3CCCCCC3)n2)c1. The second kappa shape index (κ2) is 8.70. The second-order valence-corrected chi connectivity index (χ2v) is 6.62. The van der Waals surface area contributed by atoms with Crippen LogP contribution in [0.15, 0.2) is 30.3 Å².